The zero-order chi connectivity index (χ0) is 19.8. The number of fused-ring (bicyclic) bond motifs is 1. The van der Waals surface area contributed by atoms with Crippen molar-refractivity contribution in [2.75, 3.05) is 4.90 Å². The van der Waals surface area contributed by atoms with Crippen molar-refractivity contribution in [3.63, 3.8) is 0 Å². The fourth-order valence-electron chi connectivity index (χ4n) is 3.68. The molecule has 1 heterocycles. The Hall–Kier alpha value is -2.29. The molecule has 28 heavy (non-hydrogen) atoms. The average molecular weight is 410 g/mol. The molecule has 1 aliphatic heterocycles. The first kappa shape index (κ1) is 19.0. The van der Waals surface area contributed by atoms with Gasteiger partial charge in [0.2, 0.25) is 0 Å². The van der Waals surface area contributed by atoms with Gasteiger partial charge in [0, 0.05) is 11.1 Å². The maximum Gasteiger partial charge on any atom is 0.258 e. The third-order valence-electron chi connectivity index (χ3n) is 5.54. The summed E-state index contributed by atoms with van der Waals surface area (Å²) in [6.07, 6.45) is 1.05. The third kappa shape index (κ3) is 3.32. The summed E-state index contributed by atoms with van der Waals surface area (Å²) >= 11 is 12.4. The fraction of sp³-hybridized carbons (Fsp3) is 0.208. The number of nitrogens with zero attached hydrogens (tertiary/aromatic N) is 1. The highest BCUT2D eigenvalue weighted by Crippen LogP contribution is 2.39. The molecule has 0 saturated carbocycles. The second-order valence-corrected chi connectivity index (χ2v) is 8.08. The van der Waals surface area contributed by atoms with Crippen molar-refractivity contribution < 1.29 is 4.79 Å². The first-order valence-corrected chi connectivity index (χ1v) is 10.2. The number of hydrogen-bond acceptors (Lipinski definition) is 1. The van der Waals surface area contributed by atoms with E-state index in [1.807, 2.05) is 41.3 Å². The zero-order valence-electron chi connectivity index (χ0n) is 15.9. The lowest BCUT2D eigenvalue weighted by atomic mass is 9.93. The van der Waals surface area contributed by atoms with E-state index >= 15 is 0 Å². The van der Waals surface area contributed by atoms with Crippen molar-refractivity contribution in [1.82, 2.24) is 0 Å². The van der Waals surface area contributed by atoms with Crippen molar-refractivity contribution in [2.24, 2.45) is 0 Å². The van der Waals surface area contributed by atoms with E-state index in [4.69, 9.17) is 23.2 Å². The molecule has 0 spiro atoms. The van der Waals surface area contributed by atoms with Gasteiger partial charge in [-0.2, -0.15) is 0 Å². The fourth-order valence-corrected chi connectivity index (χ4v) is 3.97. The van der Waals surface area contributed by atoms with Gasteiger partial charge in [0.15, 0.2) is 0 Å². The SMILES string of the molecule is CCC(C)c1ccc(N2Cc3ccccc3C2=O)c(-c2ccc(Cl)c(Cl)c2)c1. The van der Waals surface area contributed by atoms with E-state index in [-0.39, 0.29) is 5.91 Å². The number of carbonyl (C=O) groups excluding carboxylic acids is 1. The van der Waals surface area contributed by atoms with Gasteiger partial charge in [0.25, 0.3) is 5.91 Å². The van der Waals surface area contributed by atoms with Gasteiger partial charge >= 0.3 is 0 Å². The number of halogens is 2. The lowest BCUT2D eigenvalue weighted by molar-refractivity contribution is 0.0996. The summed E-state index contributed by atoms with van der Waals surface area (Å²) in [5.74, 6) is 0.468. The molecule has 2 nitrogen and oxygen atoms in total. The lowest BCUT2D eigenvalue weighted by Gasteiger charge is -2.22. The predicted molar refractivity (Wildman–Crippen MR) is 118 cm³/mol. The Morgan fingerprint density at radius 2 is 1.75 bits per heavy atom. The van der Waals surface area contributed by atoms with Gasteiger partial charge in [-0.3, -0.25) is 4.79 Å². The largest absolute Gasteiger partial charge is 0.303 e. The summed E-state index contributed by atoms with van der Waals surface area (Å²) in [4.78, 5) is 14.9. The molecule has 1 aliphatic rings. The molecular formula is C24H21Cl2NO. The van der Waals surface area contributed by atoms with Gasteiger partial charge < -0.3 is 4.90 Å². The minimum Gasteiger partial charge on any atom is -0.303 e. The molecule has 0 aliphatic carbocycles. The second-order valence-electron chi connectivity index (χ2n) is 7.26. The molecule has 1 unspecified atom stereocenters. The Labute approximate surface area is 175 Å². The van der Waals surface area contributed by atoms with E-state index in [2.05, 4.69) is 32.0 Å². The highest BCUT2D eigenvalue weighted by atomic mass is 35.5. The second kappa shape index (κ2) is 7.62. The van der Waals surface area contributed by atoms with Gasteiger partial charge in [0.1, 0.15) is 0 Å². The minimum absolute atomic E-state index is 0.0354. The van der Waals surface area contributed by atoms with Gasteiger partial charge in [-0.25, -0.2) is 0 Å². The molecule has 3 aromatic rings. The van der Waals surface area contributed by atoms with E-state index in [1.54, 1.807) is 6.07 Å². The first-order chi connectivity index (χ1) is 13.5. The molecular weight excluding hydrogens is 389 g/mol. The van der Waals surface area contributed by atoms with E-state index in [0.29, 0.717) is 22.5 Å². The minimum atomic E-state index is 0.0354. The Morgan fingerprint density at radius 1 is 0.964 bits per heavy atom. The predicted octanol–water partition coefficient (Wildman–Crippen LogP) is 7.33. The summed E-state index contributed by atoms with van der Waals surface area (Å²) in [6, 6.07) is 19.8. The number of carbonyl (C=O) groups is 1. The topological polar surface area (TPSA) is 20.3 Å². The molecule has 0 fully saturated rings. The van der Waals surface area contributed by atoms with Crippen LogP contribution in [0.1, 0.15) is 47.7 Å². The molecule has 0 radical (unpaired) electrons. The number of rotatable bonds is 4. The van der Waals surface area contributed by atoms with Crippen LogP contribution in [0.3, 0.4) is 0 Å². The highest BCUT2D eigenvalue weighted by Gasteiger charge is 2.30. The van der Waals surface area contributed by atoms with Crippen LogP contribution < -0.4 is 4.90 Å². The normalized spacial score (nSPS) is 14.3. The van der Waals surface area contributed by atoms with Crippen LogP contribution in [0, 0.1) is 0 Å². The van der Waals surface area contributed by atoms with Crippen LogP contribution in [0.2, 0.25) is 10.0 Å². The Balaban J connectivity index is 1.85. The van der Waals surface area contributed by atoms with Crippen LogP contribution in [-0.2, 0) is 6.54 Å². The molecule has 0 aromatic heterocycles. The van der Waals surface area contributed by atoms with E-state index in [9.17, 15) is 4.79 Å². The van der Waals surface area contributed by atoms with Gasteiger partial charge in [-0.05, 0) is 59.4 Å². The number of anilines is 1. The quantitative estimate of drug-likeness (QED) is 0.441. The standard InChI is InChI=1S/C24H21Cl2NO/c1-3-15(2)16-9-11-23(20(12-16)17-8-10-21(25)22(26)13-17)27-14-18-6-4-5-7-19(18)24(27)28/h4-13,15H,3,14H2,1-2H3. The lowest BCUT2D eigenvalue weighted by Crippen LogP contribution is -2.23. The van der Waals surface area contributed by atoms with Crippen LogP contribution in [-0.4, -0.2) is 5.91 Å². The third-order valence-corrected chi connectivity index (χ3v) is 6.28. The molecule has 1 amide bonds. The van der Waals surface area contributed by atoms with Gasteiger partial charge in [-0.15, -0.1) is 0 Å². The van der Waals surface area contributed by atoms with Crippen molar-refractivity contribution in [1.29, 1.82) is 0 Å². The molecule has 1 atom stereocenters. The van der Waals surface area contributed by atoms with Crippen LogP contribution in [0.25, 0.3) is 11.1 Å². The molecule has 142 valence electrons. The van der Waals surface area contributed by atoms with Crippen LogP contribution >= 0.6 is 23.2 Å². The van der Waals surface area contributed by atoms with Crippen molar-refractivity contribution in [3.8, 4) is 11.1 Å². The Morgan fingerprint density at radius 3 is 2.46 bits per heavy atom. The summed E-state index contributed by atoms with van der Waals surface area (Å²) in [5.41, 5.74) is 5.92. The zero-order valence-corrected chi connectivity index (χ0v) is 17.4. The summed E-state index contributed by atoms with van der Waals surface area (Å²) in [5, 5.41) is 1.03. The van der Waals surface area contributed by atoms with Crippen LogP contribution in [0.4, 0.5) is 5.69 Å². The summed E-state index contributed by atoms with van der Waals surface area (Å²) in [7, 11) is 0. The smallest absolute Gasteiger partial charge is 0.258 e. The van der Waals surface area contributed by atoms with E-state index in [1.165, 1.54) is 5.56 Å². The van der Waals surface area contributed by atoms with Crippen molar-refractivity contribution in [2.45, 2.75) is 32.7 Å². The molecule has 4 rings (SSSR count). The molecule has 0 N–H and O–H groups in total. The molecule has 0 bridgehead atoms. The van der Waals surface area contributed by atoms with Crippen molar-refractivity contribution in [3.05, 3.63) is 87.4 Å². The average Bonchev–Trinajstić information content (AvgIpc) is 3.05. The van der Waals surface area contributed by atoms with Crippen molar-refractivity contribution >= 4 is 34.8 Å². The van der Waals surface area contributed by atoms with Crippen LogP contribution in [0.5, 0.6) is 0 Å². The van der Waals surface area contributed by atoms with E-state index in [0.717, 1.165) is 34.4 Å². The first-order valence-electron chi connectivity index (χ1n) is 9.48. The maximum absolute atomic E-state index is 13.1. The van der Waals surface area contributed by atoms with E-state index < -0.39 is 0 Å². The number of hydrogen-bond donors (Lipinski definition) is 0. The maximum atomic E-state index is 13.1. The summed E-state index contributed by atoms with van der Waals surface area (Å²) in [6.45, 7) is 4.97. The highest BCUT2D eigenvalue weighted by molar-refractivity contribution is 6.42. The number of benzene rings is 3. The van der Waals surface area contributed by atoms with Gasteiger partial charge in [-0.1, -0.05) is 67.4 Å². The summed E-state index contributed by atoms with van der Waals surface area (Å²) < 4.78 is 0. The monoisotopic (exact) mass is 409 g/mol. The van der Waals surface area contributed by atoms with Gasteiger partial charge in [0.05, 0.1) is 22.3 Å². The molecule has 4 heteroatoms. The Bertz CT molecular complexity index is 1060. The van der Waals surface area contributed by atoms with Crippen LogP contribution in [0.15, 0.2) is 60.7 Å². The molecule has 0 saturated heterocycles. The number of amides is 1. The molecule has 3 aromatic carbocycles. The Kier molecular flexibility index (Phi) is 5.18.